The number of hydrogen-bond donors (Lipinski definition) is 1. The summed E-state index contributed by atoms with van der Waals surface area (Å²) in [5, 5.41) is 4.91. The van der Waals surface area contributed by atoms with Crippen LogP contribution in [0.15, 0.2) is 48.0 Å². The Morgan fingerprint density at radius 3 is 2.58 bits per heavy atom. The summed E-state index contributed by atoms with van der Waals surface area (Å²) >= 11 is 4.98. The summed E-state index contributed by atoms with van der Waals surface area (Å²) in [6.07, 6.45) is 1.62. The van der Waals surface area contributed by atoms with Gasteiger partial charge in [-0.05, 0) is 49.0 Å². The summed E-state index contributed by atoms with van der Waals surface area (Å²) in [7, 11) is 1.55. The van der Waals surface area contributed by atoms with Gasteiger partial charge in [-0.1, -0.05) is 24.3 Å². The number of thiocarbonyl (C=S) groups is 1. The number of aryl methyl sites for hydroxylation is 1. The van der Waals surface area contributed by atoms with Crippen LogP contribution in [0.2, 0.25) is 0 Å². The number of carbonyl (C=O) groups excluding carboxylic acids is 2. The molecule has 5 nitrogen and oxygen atoms in total. The largest absolute Gasteiger partial charge is 0.341 e. The number of rotatable bonds is 2. The van der Waals surface area contributed by atoms with Crippen LogP contribution in [0.4, 0.5) is 0 Å². The van der Waals surface area contributed by atoms with Gasteiger partial charge in [-0.15, -0.1) is 0 Å². The first-order valence-corrected chi connectivity index (χ1v) is 8.78. The molecule has 2 heterocycles. The highest BCUT2D eigenvalue weighted by molar-refractivity contribution is 7.80. The summed E-state index contributed by atoms with van der Waals surface area (Å²) in [6.45, 7) is 2.99. The SMILES string of the molecule is CCn1c2ccccc2c2cc(/C=C3\C(=O)NC(=S)N(C)C3=O)ccc21. The van der Waals surface area contributed by atoms with Crippen molar-refractivity contribution in [3.8, 4) is 0 Å². The third kappa shape index (κ3) is 2.42. The number of aromatic nitrogens is 1. The number of carbonyl (C=O) groups is 2. The van der Waals surface area contributed by atoms with E-state index >= 15 is 0 Å². The second-order valence-corrected chi connectivity index (χ2v) is 6.61. The Balaban J connectivity index is 1.88. The van der Waals surface area contributed by atoms with Crippen molar-refractivity contribution in [1.82, 2.24) is 14.8 Å². The van der Waals surface area contributed by atoms with Gasteiger partial charge in [0.1, 0.15) is 5.57 Å². The fraction of sp³-hybridized carbons (Fsp3) is 0.150. The van der Waals surface area contributed by atoms with E-state index in [1.807, 2.05) is 30.3 Å². The van der Waals surface area contributed by atoms with Crippen molar-refractivity contribution in [2.75, 3.05) is 7.05 Å². The van der Waals surface area contributed by atoms with Gasteiger partial charge in [-0.3, -0.25) is 19.8 Å². The molecule has 26 heavy (non-hydrogen) atoms. The summed E-state index contributed by atoms with van der Waals surface area (Å²) < 4.78 is 2.26. The zero-order chi connectivity index (χ0) is 18.4. The molecule has 130 valence electrons. The summed E-state index contributed by atoms with van der Waals surface area (Å²) in [5.74, 6) is -0.857. The van der Waals surface area contributed by atoms with E-state index < -0.39 is 11.8 Å². The van der Waals surface area contributed by atoms with Crippen LogP contribution in [0.5, 0.6) is 0 Å². The van der Waals surface area contributed by atoms with E-state index in [2.05, 4.69) is 28.9 Å². The molecule has 2 aromatic carbocycles. The van der Waals surface area contributed by atoms with E-state index in [0.717, 1.165) is 28.4 Å². The van der Waals surface area contributed by atoms with E-state index in [9.17, 15) is 9.59 Å². The van der Waals surface area contributed by atoms with E-state index in [-0.39, 0.29) is 10.7 Å². The molecule has 0 bridgehead atoms. The Morgan fingerprint density at radius 2 is 1.81 bits per heavy atom. The van der Waals surface area contributed by atoms with Gasteiger partial charge in [0.25, 0.3) is 11.8 Å². The second kappa shape index (κ2) is 6.07. The maximum absolute atomic E-state index is 12.4. The molecule has 0 unspecified atom stereocenters. The fourth-order valence-electron chi connectivity index (χ4n) is 3.41. The Kier molecular flexibility index (Phi) is 3.85. The third-order valence-electron chi connectivity index (χ3n) is 4.73. The minimum atomic E-state index is -0.464. The van der Waals surface area contributed by atoms with Crippen LogP contribution in [-0.2, 0) is 16.1 Å². The number of benzene rings is 2. The average Bonchev–Trinajstić information content (AvgIpc) is 2.96. The number of amides is 2. The molecule has 6 heteroatoms. The molecule has 0 spiro atoms. The summed E-state index contributed by atoms with van der Waals surface area (Å²) in [5.41, 5.74) is 3.19. The van der Waals surface area contributed by atoms with E-state index in [4.69, 9.17) is 12.2 Å². The van der Waals surface area contributed by atoms with Gasteiger partial charge in [0.05, 0.1) is 0 Å². The Labute approximate surface area is 155 Å². The molecule has 1 saturated heterocycles. The quantitative estimate of drug-likeness (QED) is 0.432. The number of likely N-dealkylation sites (N-methyl/N-ethyl adjacent to an activating group) is 1. The topological polar surface area (TPSA) is 54.3 Å². The molecule has 1 N–H and O–H groups in total. The fourth-order valence-corrected chi connectivity index (χ4v) is 3.59. The van der Waals surface area contributed by atoms with Crippen LogP contribution in [0, 0.1) is 0 Å². The molecule has 0 saturated carbocycles. The van der Waals surface area contributed by atoms with Gasteiger partial charge < -0.3 is 4.57 Å². The zero-order valence-electron chi connectivity index (χ0n) is 14.4. The van der Waals surface area contributed by atoms with Crippen molar-refractivity contribution in [3.63, 3.8) is 0 Å². The number of nitrogens with one attached hydrogen (secondary N) is 1. The lowest BCUT2D eigenvalue weighted by Crippen LogP contribution is -2.52. The average molecular weight is 363 g/mol. The molecule has 2 amide bonds. The summed E-state index contributed by atoms with van der Waals surface area (Å²) in [4.78, 5) is 25.8. The van der Waals surface area contributed by atoms with Crippen molar-refractivity contribution in [1.29, 1.82) is 0 Å². The number of para-hydroxylation sites is 1. The lowest BCUT2D eigenvalue weighted by atomic mass is 10.0. The lowest BCUT2D eigenvalue weighted by Gasteiger charge is -2.25. The van der Waals surface area contributed by atoms with Crippen molar-refractivity contribution < 1.29 is 9.59 Å². The van der Waals surface area contributed by atoms with E-state index in [1.54, 1.807) is 13.1 Å². The molecule has 0 atom stereocenters. The molecule has 0 radical (unpaired) electrons. The molecule has 1 aliphatic heterocycles. The van der Waals surface area contributed by atoms with Crippen molar-refractivity contribution in [3.05, 3.63) is 53.6 Å². The first kappa shape index (κ1) is 16.5. The molecule has 1 aliphatic rings. The van der Waals surface area contributed by atoms with Crippen LogP contribution < -0.4 is 5.32 Å². The van der Waals surface area contributed by atoms with Crippen LogP contribution in [0.25, 0.3) is 27.9 Å². The number of nitrogens with zero attached hydrogens (tertiary/aromatic N) is 2. The van der Waals surface area contributed by atoms with E-state index in [1.165, 1.54) is 10.4 Å². The first-order chi connectivity index (χ1) is 12.5. The first-order valence-electron chi connectivity index (χ1n) is 8.37. The number of fused-ring (bicyclic) bond motifs is 3. The molecule has 1 fully saturated rings. The highest BCUT2D eigenvalue weighted by Gasteiger charge is 2.30. The molecular weight excluding hydrogens is 346 g/mol. The normalized spacial score (nSPS) is 16.8. The van der Waals surface area contributed by atoms with Gasteiger partial charge in [-0.2, -0.15) is 0 Å². The molecule has 1 aromatic heterocycles. The third-order valence-corrected chi connectivity index (χ3v) is 5.10. The van der Waals surface area contributed by atoms with Gasteiger partial charge in [-0.25, -0.2) is 0 Å². The van der Waals surface area contributed by atoms with Gasteiger partial charge in [0.15, 0.2) is 5.11 Å². The van der Waals surface area contributed by atoms with Crippen LogP contribution in [-0.4, -0.2) is 33.4 Å². The molecular formula is C20H17N3O2S. The lowest BCUT2D eigenvalue weighted by molar-refractivity contribution is -0.128. The van der Waals surface area contributed by atoms with Gasteiger partial charge in [0.2, 0.25) is 0 Å². The van der Waals surface area contributed by atoms with Crippen LogP contribution in [0.1, 0.15) is 12.5 Å². The molecule has 3 aromatic rings. The van der Waals surface area contributed by atoms with Crippen LogP contribution in [0.3, 0.4) is 0 Å². The Bertz CT molecular complexity index is 1130. The van der Waals surface area contributed by atoms with Crippen molar-refractivity contribution in [2.45, 2.75) is 13.5 Å². The highest BCUT2D eigenvalue weighted by Crippen LogP contribution is 2.30. The zero-order valence-corrected chi connectivity index (χ0v) is 15.3. The highest BCUT2D eigenvalue weighted by atomic mass is 32.1. The predicted octanol–water partition coefficient (Wildman–Crippen LogP) is 3.07. The minimum Gasteiger partial charge on any atom is -0.341 e. The van der Waals surface area contributed by atoms with Gasteiger partial charge >= 0.3 is 0 Å². The number of hydrogen-bond acceptors (Lipinski definition) is 3. The Hall–Kier alpha value is -2.99. The maximum Gasteiger partial charge on any atom is 0.265 e. The van der Waals surface area contributed by atoms with Crippen molar-refractivity contribution >= 4 is 57.0 Å². The maximum atomic E-state index is 12.4. The second-order valence-electron chi connectivity index (χ2n) is 6.22. The smallest absolute Gasteiger partial charge is 0.265 e. The summed E-state index contributed by atoms with van der Waals surface area (Å²) in [6, 6.07) is 14.2. The van der Waals surface area contributed by atoms with Gasteiger partial charge in [0, 0.05) is 35.4 Å². The molecule has 0 aliphatic carbocycles. The standard InChI is InChI=1S/C20H17N3O2S/c1-3-23-16-7-5-4-6-13(16)14-10-12(8-9-17(14)23)11-15-18(24)21-20(26)22(2)19(15)25/h4-11H,3H2,1-2H3,(H,21,24,26)/b15-11+. The monoisotopic (exact) mass is 363 g/mol. The Morgan fingerprint density at radius 1 is 1.08 bits per heavy atom. The predicted molar refractivity (Wildman–Crippen MR) is 107 cm³/mol. The minimum absolute atomic E-state index is 0.0830. The van der Waals surface area contributed by atoms with E-state index in [0.29, 0.717) is 0 Å². The van der Waals surface area contributed by atoms with Crippen molar-refractivity contribution in [2.24, 2.45) is 0 Å². The molecule has 4 rings (SSSR count). The van der Waals surface area contributed by atoms with Crippen LogP contribution >= 0.6 is 12.2 Å².